The predicted molar refractivity (Wildman–Crippen MR) is 96.5 cm³/mol. The van der Waals surface area contributed by atoms with Gasteiger partial charge in [-0.15, -0.1) is 0 Å². The standard InChI is InChI=1S/C18H22N2O.C2H6/c1-3-4-5-8-14(2)18(21)15-10-12-20-17(13-15)16-9-6-7-11-19-16;1-2/h6-7,9-14H,3-5,8H2,1-2H3;1-2H3. The molecule has 124 valence electrons. The van der Waals surface area contributed by atoms with E-state index in [1.165, 1.54) is 12.8 Å². The van der Waals surface area contributed by atoms with Crippen molar-refractivity contribution in [2.45, 2.75) is 53.4 Å². The smallest absolute Gasteiger partial charge is 0.165 e. The molecule has 1 unspecified atom stereocenters. The van der Waals surface area contributed by atoms with E-state index in [0.717, 1.165) is 29.8 Å². The van der Waals surface area contributed by atoms with Crippen LogP contribution in [0.2, 0.25) is 0 Å². The van der Waals surface area contributed by atoms with Crippen molar-refractivity contribution < 1.29 is 4.79 Å². The number of hydrogen-bond acceptors (Lipinski definition) is 3. The summed E-state index contributed by atoms with van der Waals surface area (Å²) in [7, 11) is 0. The van der Waals surface area contributed by atoms with Crippen LogP contribution >= 0.6 is 0 Å². The van der Waals surface area contributed by atoms with E-state index in [9.17, 15) is 4.79 Å². The molecule has 2 heterocycles. The van der Waals surface area contributed by atoms with Crippen LogP contribution in [-0.4, -0.2) is 15.8 Å². The molecule has 0 aliphatic heterocycles. The van der Waals surface area contributed by atoms with Gasteiger partial charge in [0.1, 0.15) is 0 Å². The lowest BCUT2D eigenvalue weighted by molar-refractivity contribution is 0.0922. The first-order chi connectivity index (χ1) is 11.2. The Morgan fingerprint density at radius 3 is 2.43 bits per heavy atom. The van der Waals surface area contributed by atoms with E-state index in [0.29, 0.717) is 0 Å². The van der Waals surface area contributed by atoms with Crippen molar-refractivity contribution in [1.82, 2.24) is 9.97 Å². The first kappa shape index (κ1) is 19.0. The van der Waals surface area contributed by atoms with Gasteiger partial charge in [-0.1, -0.05) is 53.0 Å². The van der Waals surface area contributed by atoms with Gasteiger partial charge in [-0.2, -0.15) is 0 Å². The summed E-state index contributed by atoms with van der Waals surface area (Å²) in [6, 6.07) is 9.34. The fraction of sp³-hybridized carbons (Fsp3) is 0.450. The predicted octanol–water partition coefficient (Wildman–Crippen LogP) is 5.57. The van der Waals surface area contributed by atoms with Gasteiger partial charge in [0.05, 0.1) is 11.4 Å². The number of nitrogens with zero attached hydrogens (tertiary/aromatic N) is 2. The summed E-state index contributed by atoms with van der Waals surface area (Å²) in [6.45, 7) is 8.19. The van der Waals surface area contributed by atoms with Crippen molar-refractivity contribution in [3.8, 4) is 11.4 Å². The molecule has 1 atom stereocenters. The number of aromatic nitrogens is 2. The number of ketones is 1. The van der Waals surface area contributed by atoms with Gasteiger partial charge in [-0.3, -0.25) is 14.8 Å². The Kier molecular flexibility index (Phi) is 8.81. The first-order valence-electron chi connectivity index (χ1n) is 8.64. The highest BCUT2D eigenvalue weighted by molar-refractivity contribution is 5.98. The molecule has 2 aromatic rings. The zero-order chi connectivity index (χ0) is 17.1. The molecular formula is C20H28N2O. The third-order valence-electron chi connectivity index (χ3n) is 3.66. The summed E-state index contributed by atoms with van der Waals surface area (Å²) >= 11 is 0. The van der Waals surface area contributed by atoms with Crippen molar-refractivity contribution >= 4 is 5.78 Å². The number of pyridine rings is 2. The van der Waals surface area contributed by atoms with E-state index >= 15 is 0 Å². The molecule has 0 saturated heterocycles. The minimum atomic E-state index is 0.0653. The summed E-state index contributed by atoms with van der Waals surface area (Å²) in [5.74, 6) is 0.265. The maximum absolute atomic E-state index is 12.5. The topological polar surface area (TPSA) is 42.9 Å². The monoisotopic (exact) mass is 312 g/mol. The van der Waals surface area contributed by atoms with Crippen LogP contribution in [0.5, 0.6) is 0 Å². The van der Waals surface area contributed by atoms with Crippen molar-refractivity contribution in [1.29, 1.82) is 0 Å². The molecule has 2 rings (SSSR count). The number of hydrogen-bond donors (Lipinski definition) is 0. The Labute approximate surface area is 140 Å². The van der Waals surface area contributed by atoms with Gasteiger partial charge in [0, 0.05) is 23.9 Å². The Balaban J connectivity index is 0.00000127. The molecule has 3 heteroatoms. The average molecular weight is 312 g/mol. The summed E-state index contributed by atoms with van der Waals surface area (Å²) in [4.78, 5) is 21.1. The number of Topliss-reactive ketones (excluding diaryl/α,β-unsaturated/α-hetero) is 1. The van der Waals surface area contributed by atoms with Crippen LogP contribution in [0.15, 0.2) is 42.7 Å². The van der Waals surface area contributed by atoms with Gasteiger partial charge in [-0.05, 0) is 30.7 Å². The molecule has 3 nitrogen and oxygen atoms in total. The van der Waals surface area contributed by atoms with Gasteiger partial charge in [0.15, 0.2) is 5.78 Å². The van der Waals surface area contributed by atoms with Crippen molar-refractivity contribution in [3.63, 3.8) is 0 Å². The lowest BCUT2D eigenvalue weighted by Gasteiger charge is -2.10. The van der Waals surface area contributed by atoms with Crippen LogP contribution < -0.4 is 0 Å². The molecule has 0 aromatic carbocycles. The summed E-state index contributed by atoms with van der Waals surface area (Å²) in [5, 5.41) is 0. The lowest BCUT2D eigenvalue weighted by Crippen LogP contribution is -2.11. The highest BCUT2D eigenvalue weighted by Gasteiger charge is 2.15. The Hall–Kier alpha value is -2.03. The highest BCUT2D eigenvalue weighted by atomic mass is 16.1. The SMILES string of the molecule is CC.CCCCCC(C)C(=O)c1ccnc(-c2ccccn2)c1. The van der Waals surface area contributed by atoms with Gasteiger partial charge >= 0.3 is 0 Å². The van der Waals surface area contributed by atoms with E-state index < -0.39 is 0 Å². The maximum atomic E-state index is 12.5. The fourth-order valence-corrected chi connectivity index (χ4v) is 2.35. The van der Waals surface area contributed by atoms with Gasteiger partial charge in [0.25, 0.3) is 0 Å². The minimum absolute atomic E-state index is 0.0653. The molecule has 0 radical (unpaired) electrons. The second-order valence-electron chi connectivity index (χ2n) is 5.41. The molecule has 23 heavy (non-hydrogen) atoms. The molecule has 0 spiro atoms. The van der Waals surface area contributed by atoms with Crippen molar-refractivity contribution in [3.05, 3.63) is 48.3 Å². The van der Waals surface area contributed by atoms with Crippen LogP contribution in [0.4, 0.5) is 0 Å². The van der Waals surface area contributed by atoms with Crippen molar-refractivity contribution in [2.24, 2.45) is 5.92 Å². The van der Waals surface area contributed by atoms with E-state index in [1.807, 2.05) is 45.0 Å². The molecule has 2 aromatic heterocycles. The normalized spacial score (nSPS) is 11.3. The highest BCUT2D eigenvalue weighted by Crippen LogP contribution is 2.19. The summed E-state index contributed by atoms with van der Waals surface area (Å²) < 4.78 is 0. The van der Waals surface area contributed by atoms with Crippen LogP contribution in [0, 0.1) is 5.92 Å². The van der Waals surface area contributed by atoms with Gasteiger partial charge < -0.3 is 0 Å². The quantitative estimate of drug-likeness (QED) is 0.496. The molecular weight excluding hydrogens is 284 g/mol. The Morgan fingerprint density at radius 2 is 1.78 bits per heavy atom. The Bertz CT molecular complexity index is 581. The second-order valence-corrected chi connectivity index (χ2v) is 5.41. The molecule has 0 N–H and O–H groups in total. The van der Waals surface area contributed by atoms with Crippen LogP contribution in [0.1, 0.15) is 63.7 Å². The number of unbranched alkanes of at least 4 members (excludes halogenated alkanes) is 2. The van der Waals surface area contributed by atoms with Crippen molar-refractivity contribution in [2.75, 3.05) is 0 Å². The number of carbonyl (C=O) groups excluding carboxylic acids is 1. The number of rotatable bonds is 7. The minimum Gasteiger partial charge on any atom is -0.294 e. The second kappa shape index (κ2) is 10.7. The molecule has 0 amide bonds. The van der Waals surface area contributed by atoms with E-state index in [-0.39, 0.29) is 11.7 Å². The largest absolute Gasteiger partial charge is 0.294 e. The first-order valence-corrected chi connectivity index (χ1v) is 8.64. The van der Waals surface area contributed by atoms with Crippen LogP contribution in [0.25, 0.3) is 11.4 Å². The molecule has 0 fully saturated rings. The summed E-state index contributed by atoms with van der Waals surface area (Å²) in [6.07, 6.45) is 7.86. The van der Waals surface area contributed by atoms with E-state index in [1.54, 1.807) is 18.5 Å². The van der Waals surface area contributed by atoms with Gasteiger partial charge in [-0.25, -0.2) is 0 Å². The van der Waals surface area contributed by atoms with Gasteiger partial charge in [0.2, 0.25) is 0 Å². The maximum Gasteiger partial charge on any atom is 0.165 e. The summed E-state index contributed by atoms with van der Waals surface area (Å²) in [5.41, 5.74) is 2.28. The molecule has 0 aliphatic rings. The van der Waals surface area contributed by atoms with E-state index in [4.69, 9.17) is 0 Å². The van der Waals surface area contributed by atoms with E-state index in [2.05, 4.69) is 16.9 Å². The fourth-order valence-electron chi connectivity index (χ4n) is 2.35. The molecule has 0 saturated carbocycles. The average Bonchev–Trinajstić information content (AvgIpc) is 2.63. The molecule has 0 aliphatic carbocycles. The Morgan fingerprint density at radius 1 is 1.04 bits per heavy atom. The number of carbonyl (C=O) groups is 1. The van der Waals surface area contributed by atoms with Crippen LogP contribution in [0.3, 0.4) is 0 Å². The zero-order valence-corrected chi connectivity index (χ0v) is 14.7. The molecule has 0 bridgehead atoms. The zero-order valence-electron chi connectivity index (χ0n) is 14.7. The third kappa shape index (κ3) is 5.93. The van der Waals surface area contributed by atoms with Crippen LogP contribution in [-0.2, 0) is 0 Å². The lowest BCUT2D eigenvalue weighted by atomic mass is 9.94. The third-order valence-corrected chi connectivity index (χ3v) is 3.66.